The normalized spacial score (nSPS) is 27.9. The number of halogens is 1. The number of ether oxygens (including phenoxy) is 1. The third kappa shape index (κ3) is 2.48. The van der Waals surface area contributed by atoms with Gasteiger partial charge in [0, 0.05) is 0 Å². The maximum atomic E-state index is 11.3. The monoisotopic (exact) mass is 262 g/mol. The smallest absolute Gasteiger partial charge is 0.156 e. The summed E-state index contributed by atoms with van der Waals surface area (Å²) in [4.78, 5) is 0. The molecule has 0 amide bonds. The van der Waals surface area contributed by atoms with Crippen molar-refractivity contribution in [3.05, 3.63) is 29.3 Å². The summed E-state index contributed by atoms with van der Waals surface area (Å²) >= 11 is 5.87. The van der Waals surface area contributed by atoms with E-state index in [0.717, 1.165) is 0 Å². The molecule has 1 aromatic rings. The van der Waals surface area contributed by atoms with Crippen LogP contribution in [0.5, 0.6) is 5.75 Å². The van der Waals surface area contributed by atoms with E-state index in [-0.39, 0.29) is 11.5 Å². The number of para-hydroxylation sites is 1. The molecular weight excluding hydrogens is 252 g/mol. The predicted molar refractivity (Wildman–Crippen MR) is 60.5 cm³/mol. The second-order valence-electron chi connectivity index (χ2n) is 3.73. The van der Waals surface area contributed by atoms with Gasteiger partial charge in [-0.05, 0) is 12.1 Å². The lowest BCUT2D eigenvalue weighted by atomic mass is 10.2. The van der Waals surface area contributed by atoms with Crippen LogP contribution in [0.2, 0.25) is 5.02 Å². The zero-order valence-electron chi connectivity index (χ0n) is 8.34. The molecule has 1 N–H and O–H groups in total. The van der Waals surface area contributed by atoms with E-state index >= 15 is 0 Å². The molecule has 2 atom stereocenters. The van der Waals surface area contributed by atoms with Gasteiger partial charge in [0.1, 0.15) is 18.0 Å². The molecule has 1 aromatic carbocycles. The summed E-state index contributed by atoms with van der Waals surface area (Å²) in [5.74, 6) is -0.0214. The first kappa shape index (κ1) is 11.7. The van der Waals surface area contributed by atoms with Gasteiger partial charge in [-0.2, -0.15) is 0 Å². The number of aliphatic hydroxyl groups is 1. The zero-order valence-corrected chi connectivity index (χ0v) is 9.91. The minimum absolute atomic E-state index is 0.167. The van der Waals surface area contributed by atoms with Gasteiger partial charge in [0.05, 0.1) is 16.5 Å². The van der Waals surface area contributed by atoms with Crippen LogP contribution < -0.4 is 4.74 Å². The molecule has 0 radical (unpaired) electrons. The van der Waals surface area contributed by atoms with Gasteiger partial charge in [-0.1, -0.05) is 23.7 Å². The SMILES string of the molecule is O=S1(=O)CC(O)C(Oc2ccccc2Cl)C1. The Balaban J connectivity index is 2.15. The summed E-state index contributed by atoms with van der Waals surface area (Å²) in [7, 11) is -3.20. The van der Waals surface area contributed by atoms with E-state index in [4.69, 9.17) is 16.3 Å². The topological polar surface area (TPSA) is 63.6 Å². The highest BCUT2D eigenvalue weighted by atomic mass is 35.5. The lowest BCUT2D eigenvalue weighted by Gasteiger charge is -2.16. The Kier molecular flexibility index (Phi) is 3.10. The summed E-state index contributed by atoms with van der Waals surface area (Å²) in [6.07, 6.45) is -1.72. The number of hydrogen-bond donors (Lipinski definition) is 1. The van der Waals surface area contributed by atoms with Crippen LogP contribution in [-0.4, -0.2) is 37.2 Å². The van der Waals surface area contributed by atoms with Gasteiger partial charge in [-0.25, -0.2) is 8.42 Å². The minimum Gasteiger partial charge on any atom is -0.485 e. The highest BCUT2D eigenvalue weighted by Crippen LogP contribution is 2.27. The maximum absolute atomic E-state index is 11.3. The third-order valence-electron chi connectivity index (χ3n) is 2.39. The van der Waals surface area contributed by atoms with Crippen LogP contribution in [0.4, 0.5) is 0 Å². The van der Waals surface area contributed by atoms with Crippen molar-refractivity contribution in [3.8, 4) is 5.75 Å². The third-order valence-corrected chi connectivity index (χ3v) is 4.39. The first-order valence-corrected chi connectivity index (χ1v) is 6.97. The van der Waals surface area contributed by atoms with E-state index < -0.39 is 22.0 Å². The average Bonchev–Trinajstić information content (AvgIpc) is 2.44. The molecule has 88 valence electrons. The van der Waals surface area contributed by atoms with E-state index in [1.165, 1.54) is 0 Å². The van der Waals surface area contributed by atoms with Crippen molar-refractivity contribution < 1.29 is 18.3 Å². The first-order valence-electron chi connectivity index (χ1n) is 4.77. The lowest BCUT2D eigenvalue weighted by Crippen LogP contribution is -2.29. The molecule has 0 bridgehead atoms. The van der Waals surface area contributed by atoms with Crippen molar-refractivity contribution in [3.63, 3.8) is 0 Å². The highest BCUT2D eigenvalue weighted by Gasteiger charge is 2.38. The fourth-order valence-corrected chi connectivity index (χ4v) is 3.45. The largest absolute Gasteiger partial charge is 0.485 e. The molecule has 1 saturated heterocycles. The maximum Gasteiger partial charge on any atom is 0.156 e. The van der Waals surface area contributed by atoms with Crippen molar-refractivity contribution in [2.45, 2.75) is 12.2 Å². The fraction of sp³-hybridized carbons (Fsp3) is 0.400. The summed E-state index contributed by atoms with van der Waals surface area (Å²) in [6, 6.07) is 6.76. The summed E-state index contributed by atoms with van der Waals surface area (Å²) < 4.78 is 27.9. The van der Waals surface area contributed by atoms with Gasteiger partial charge in [-0.15, -0.1) is 0 Å². The Labute approximate surface area is 98.7 Å². The van der Waals surface area contributed by atoms with E-state index in [0.29, 0.717) is 10.8 Å². The zero-order chi connectivity index (χ0) is 11.8. The van der Waals surface area contributed by atoms with Crippen molar-refractivity contribution in [1.82, 2.24) is 0 Å². The molecule has 16 heavy (non-hydrogen) atoms. The number of benzene rings is 1. The van der Waals surface area contributed by atoms with Gasteiger partial charge in [0.2, 0.25) is 0 Å². The molecule has 2 rings (SSSR count). The predicted octanol–water partition coefficient (Wildman–Crippen LogP) is 0.877. The molecule has 1 fully saturated rings. The summed E-state index contributed by atoms with van der Waals surface area (Å²) in [5.41, 5.74) is 0. The van der Waals surface area contributed by atoms with Crippen LogP contribution in [0.1, 0.15) is 0 Å². The van der Waals surface area contributed by atoms with E-state index in [1.54, 1.807) is 24.3 Å². The minimum atomic E-state index is -3.20. The molecule has 1 aliphatic rings. The molecule has 2 unspecified atom stereocenters. The average molecular weight is 263 g/mol. The fourth-order valence-electron chi connectivity index (χ4n) is 1.61. The lowest BCUT2D eigenvalue weighted by molar-refractivity contribution is 0.0739. The molecular formula is C10H11ClO4S. The van der Waals surface area contributed by atoms with E-state index in [2.05, 4.69) is 0 Å². The van der Waals surface area contributed by atoms with Crippen molar-refractivity contribution in [2.24, 2.45) is 0 Å². The molecule has 0 spiro atoms. The van der Waals surface area contributed by atoms with Crippen LogP contribution in [-0.2, 0) is 9.84 Å². The second kappa shape index (κ2) is 4.24. The van der Waals surface area contributed by atoms with Crippen molar-refractivity contribution >= 4 is 21.4 Å². The quantitative estimate of drug-likeness (QED) is 0.859. The number of hydrogen-bond acceptors (Lipinski definition) is 4. The number of sulfone groups is 1. The van der Waals surface area contributed by atoms with Gasteiger partial charge in [-0.3, -0.25) is 0 Å². The van der Waals surface area contributed by atoms with Gasteiger partial charge in [0.15, 0.2) is 9.84 Å². The number of aliphatic hydroxyl groups excluding tert-OH is 1. The van der Waals surface area contributed by atoms with E-state index in [9.17, 15) is 13.5 Å². The Morgan fingerprint density at radius 2 is 2.00 bits per heavy atom. The van der Waals surface area contributed by atoms with Gasteiger partial charge in [0.25, 0.3) is 0 Å². The number of rotatable bonds is 2. The standard InChI is InChI=1S/C10H11ClO4S/c11-7-3-1-2-4-9(7)15-10-6-16(13,14)5-8(10)12/h1-4,8,10,12H,5-6H2. The van der Waals surface area contributed by atoms with Crippen LogP contribution in [0, 0.1) is 0 Å². The van der Waals surface area contributed by atoms with Gasteiger partial charge >= 0.3 is 0 Å². The molecule has 4 nitrogen and oxygen atoms in total. The molecule has 1 heterocycles. The molecule has 6 heteroatoms. The molecule has 0 saturated carbocycles. The van der Waals surface area contributed by atoms with Crippen molar-refractivity contribution in [2.75, 3.05) is 11.5 Å². The second-order valence-corrected chi connectivity index (χ2v) is 6.29. The van der Waals surface area contributed by atoms with Crippen molar-refractivity contribution in [1.29, 1.82) is 0 Å². The summed E-state index contributed by atoms with van der Waals surface area (Å²) in [5, 5.41) is 9.93. The Morgan fingerprint density at radius 3 is 2.56 bits per heavy atom. The molecule has 0 aliphatic carbocycles. The van der Waals surface area contributed by atoms with Crippen LogP contribution in [0.3, 0.4) is 0 Å². The Morgan fingerprint density at radius 1 is 1.31 bits per heavy atom. The summed E-state index contributed by atoms with van der Waals surface area (Å²) in [6.45, 7) is 0. The van der Waals surface area contributed by atoms with E-state index in [1.807, 2.05) is 0 Å². The Hall–Kier alpha value is -0.780. The highest BCUT2D eigenvalue weighted by molar-refractivity contribution is 7.91. The first-order chi connectivity index (χ1) is 7.48. The van der Waals surface area contributed by atoms with Crippen LogP contribution >= 0.6 is 11.6 Å². The van der Waals surface area contributed by atoms with Gasteiger partial charge < -0.3 is 9.84 Å². The van der Waals surface area contributed by atoms with Crippen LogP contribution in [0.25, 0.3) is 0 Å². The van der Waals surface area contributed by atoms with Crippen LogP contribution in [0.15, 0.2) is 24.3 Å². The Bertz CT molecular complexity index is 485. The molecule has 0 aromatic heterocycles. The molecule has 1 aliphatic heterocycles.